The van der Waals surface area contributed by atoms with Gasteiger partial charge in [0, 0.05) is 31.9 Å². The summed E-state index contributed by atoms with van der Waals surface area (Å²) in [6.45, 7) is 2.81. The Balaban J connectivity index is 0.00000176. The minimum atomic E-state index is -0.333. The highest BCUT2D eigenvalue weighted by Crippen LogP contribution is 2.15. The first-order chi connectivity index (χ1) is 10.3. The number of hydrogen-bond donors (Lipinski definition) is 2. The molecule has 0 spiro atoms. The Kier molecular flexibility index (Phi) is 5.35. The Morgan fingerprint density at radius 2 is 1.68 bits per heavy atom. The molecule has 0 unspecified atom stereocenters. The Hall–Kier alpha value is -2.11. The molecule has 1 amide bonds. The molecule has 1 aromatic carbocycles. The fourth-order valence-electron chi connectivity index (χ4n) is 2.47. The Bertz CT molecular complexity index is 694. The Morgan fingerprint density at radius 1 is 1.00 bits per heavy atom. The highest BCUT2D eigenvalue weighted by molar-refractivity contribution is 5.94. The summed E-state index contributed by atoms with van der Waals surface area (Å²) in [7, 11) is 0. The van der Waals surface area contributed by atoms with Crippen LogP contribution in [0, 0.1) is 0 Å². The van der Waals surface area contributed by atoms with E-state index in [1.165, 1.54) is 0 Å². The topological polar surface area (TPSA) is 65.2 Å². The van der Waals surface area contributed by atoms with Crippen LogP contribution in [0.15, 0.2) is 47.3 Å². The van der Waals surface area contributed by atoms with Crippen LogP contribution < -0.4 is 10.9 Å². The maximum Gasteiger partial charge on any atom is 0.261 e. The summed E-state index contributed by atoms with van der Waals surface area (Å²) in [5.74, 6) is -0.197. The van der Waals surface area contributed by atoms with E-state index in [4.69, 9.17) is 0 Å². The van der Waals surface area contributed by atoms with Crippen LogP contribution in [0.4, 0.5) is 0 Å². The van der Waals surface area contributed by atoms with E-state index in [9.17, 15) is 9.59 Å². The molecule has 0 bridgehead atoms. The van der Waals surface area contributed by atoms with Crippen LogP contribution in [-0.4, -0.2) is 42.0 Å². The number of aromatic nitrogens is 1. The van der Waals surface area contributed by atoms with Crippen molar-refractivity contribution in [3.8, 4) is 11.3 Å². The number of aromatic amines is 1. The van der Waals surface area contributed by atoms with Crippen LogP contribution in [0.5, 0.6) is 0 Å². The number of benzene rings is 1. The van der Waals surface area contributed by atoms with Gasteiger partial charge in [-0.3, -0.25) is 9.59 Å². The lowest BCUT2D eigenvalue weighted by molar-refractivity contribution is 0.0734. The third-order valence-electron chi connectivity index (χ3n) is 3.63. The summed E-state index contributed by atoms with van der Waals surface area (Å²) < 4.78 is 0. The lowest BCUT2D eigenvalue weighted by atomic mass is 10.1. The van der Waals surface area contributed by atoms with Gasteiger partial charge in [-0.05, 0) is 17.7 Å². The number of H-pyrrole nitrogens is 1. The van der Waals surface area contributed by atoms with Crippen LogP contribution in [0.25, 0.3) is 11.3 Å². The fourth-order valence-corrected chi connectivity index (χ4v) is 2.47. The number of carbonyl (C=O) groups is 1. The molecule has 0 atom stereocenters. The molecule has 1 aliphatic heterocycles. The lowest BCUT2D eigenvalue weighted by Crippen LogP contribution is -2.47. The fraction of sp³-hybridized carbons (Fsp3) is 0.250. The molecule has 0 saturated carbocycles. The number of nitrogens with zero attached hydrogens (tertiary/aromatic N) is 1. The molecule has 1 aliphatic rings. The van der Waals surface area contributed by atoms with Crippen molar-refractivity contribution in [3.63, 3.8) is 0 Å². The second kappa shape index (κ2) is 7.24. The minimum absolute atomic E-state index is 0. The van der Waals surface area contributed by atoms with Gasteiger partial charge in [0.1, 0.15) is 5.56 Å². The van der Waals surface area contributed by atoms with Crippen LogP contribution in [0.3, 0.4) is 0 Å². The second-order valence-electron chi connectivity index (χ2n) is 5.02. The van der Waals surface area contributed by atoms with Crippen molar-refractivity contribution in [3.05, 3.63) is 58.4 Å². The molecule has 2 N–H and O–H groups in total. The van der Waals surface area contributed by atoms with Gasteiger partial charge in [-0.2, -0.15) is 0 Å². The van der Waals surface area contributed by atoms with E-state index in [1.807, 2.05) is 30.3 Å². The van der Waals surface area contributed by atoms with Crippen molar-refractivity contribution >= 4 is 18.3 Å². The molecular weight excluding hydrogens is 302 g/mol. The summed E-state index contributed by atoms with van der Waals surface area (Å²) in [6.07, 6.45) is 0. The van der Waals surface area contributed by atoms with E-state index in [2.05, 4.69) is 10.3 Å². The molecule has 2 aromatic rings. The number of nitrogens with one attached hydrogen (secondary N) is 2. The first-order valence-electron chi connectivity index (χ1n) is 7.04. The number of piperazine rings is 1. The van der Waals surface area contributed by atoms with Crippen molar-refractivity contribution in [1.82, 2.24) is 15.2 Å². The van der Waals surface area contributed by atoms with Crippen LogP contribution in [-0.2, 0) is 0 Å². The van der Waals surface area contributed by atoms with Gasteiger partial charge < -0.3 is 15.2 Å². The van der Waals surface area contributed by atoms with Gasteiger partial charge in [-0.1, -0.05) is 30.3 Å². The van der Waals surface area contributed by atoms with Crippen molar-refractivity contribution in [2.24, 2.45) is 0 Å². The van der Waals surface area contributed by atoms with E-state index in [-0.39, 0.29) is 29.4 Å². The number of halogens is 1. The third-order valence-corrected chi connectivity index (χ3v) is 3.63. The number of rotatable bonds is 2. The van der Waals surface area contributed by atoms with Gasteiger partial charge >= 0.3 is 0 Å². The van der Waals surface area contributed by atoms with E-state index in [0.717, 1.165) is 24.3 Å². The standard InChI is InChI=1S/C16H17N3O2.ClH/c20-15-13(16(21)19-10-8-17-9-11-19)6-7-14(18-15)12-4-2-1-3-5-12;/h1-7,17H,8-11H2,(H,18,20);1H. The summed E-state index contributed by atoms with van der Waals surface area (Å²) in [5.41, 5.74) is 1.52. The number of pyridine rings is 1. The van der Waals surface area contributed by atoms with E-state index in [0.29, 0.717) is 13.1 Å². The van der Waals surface area contributed by atoms with Crippen molar-refractivity contribution in [1.29, 1.82) is 0 Å². The van der Waals surface area contributed by atoms with Gasteiger partial charge in [-0.25, -0.2) is 0 Å². The molecular formula is C16H18ClN3O2. The van der Waals surface area contributed by atoms with Gasteiger partial charge in [-0.15, -0.1) is 12.4 Å². The molecule has 1 aromatic heterocycles. The zero-order valence-corrected chi connectivity index (χ0v) is 12.9. The average Bonchev–Trinajstić information content (AvgIpc) is 2.56. The quantitative estimate of drug-likeness (QED) is 0.882. The van der Waals surface area contributed by atoms with Crippen LogP contribution >= 0.6 is 12.4 Å². The second-order valence-corrected chi connectivity index (χ2v) is 5.02. The smallest absolute Gasteiger partial charge is 0.261 e. The average molecular weight is 320 g/mol. The SMILES string of the molecule is Cl.O=C(c1ccc(-c2ccccc2)[nH]c1=O)N1CCNCC1. The van der Waals surface area contributed by atoms with Gasteiger partial charge in [0.2, 0.25) is 0 Å². The predicted molar refractivity (Wildman–Crippen MR) is 88.5 cm³/mol. The summed E-state index contributed by atoms with van der Waals surface area (Å²) >= 11 is 0. The normalized spacial score (nSPS) is 14.3. The minimum Gasteiger partial charge on any atom is -0.336 e. The van der Waals surface area contributed by atoms with E-state index in [1.54, 1.807) is 17.0 Å². The van der Waals surface area contributed by atoms with Crippen molar-refractivity contribution in [2.75, 3.05) is 26.2 Å². The molecule has 0 aliphatic carbocycles. The number of amides is 1. The Morgan fingerprint density at radius 3 is 2.32 bits per heavy atom. The van der Waals surface area contributed by atoms with E-state index < -0.39 is 0 Å². The summed E-state index contributed by atoms with van der Waals surface area (Å²) in [4.78, 5) is 29.0. The van der Waals surface area contributed by atoms with Crippen LogP contribution in [0.2, 0.25) is 0 Å². The maximum absolute atomic E-state index is 12.3. The third kappa shape index (κ3) is 3.37. The van der Waals surface area contributed by atoms with Gasteiger partial charge in [0.05, 0.1) is 0 Å². The molecule has 5 nitrogen and oxygen atoms in total. The lowest BCUT2D eigenvalue weighted by Gasteiger charge is -2.27. The van der Waals surface area contributed by atoms with Crippen LogP contribution in [0.1, 0.15) is 10.4 Å². The molecule has 22 heavy (non-hydrogen) atoms. The zero-order valence-electron chi connectivity index (χ0n) is 12.0. The number of carbonyl (C=O) groups excluding carboxylic acids is 1. The highest BCUT2D eigenvalue weighted by atomic mass is 35.5. The molecule has 6 heteroatoms. The number of hydrogen-bond acceptors (Lipinski definition) is 3. The molecule has 1 fully saturated rings. The predicted octanol–water partition coefficient (Wildman–Crippen LogP) is 1.51. The molecule has 3 rings (SSSR count). The molecule has 1 saturated heterocycles. The van der Waals surface area contributed by atoms with Crippen molar-refractivity contribution < 1.29 is 4.79 Å². The first kappa shape index (κ1) is 16.3. The van der Waals surface area contributed by atoms with Gasteiger partial charge in [0.25, 0.3) is 11.5 Å². The largest absolute Gasteiger partial charge is 0.336 e. The molecule has 2 heterocycles. The van der Waals surface area contributed by atoms with E-state index >= 15 is 0 Å². The highest BCUT2D eigenvalue weighted by Gasteiger charge is 2.20. The maximum atomic E-state index is 12.3. The summed E-state index contributed by atoms with van der Waals surface area (Å²) in [6, 6.07) is 13.0. The monoisotopic (exact) mass is 319 g/mol. The first-order valence-corrected chi connectivity index (χ1v) is 7.04. The summed E-state index contributed by atoms with van der Waals surface area (Å²) in [5, 5.41) is 3.19. The molecule has 116 valence electrons. The Labute approximate surface area is 134 Å². The van der Waals surface area contributed by atoms with Crippen molar-refractivity contribution in [2.45, 2.75) is 0 Å². The zero-order chi connectivity index (χ0) is 14.7. The van der Waals surface area contributed by atoms with Gasteiger partial charge in [0.15, 0.2) is 0 Å². The molecule has 0 radical (unpaired) electrons.